The summed E-state index contributed by atoms with van der Waals surface area (Å²) in [7, 11) is 0. The molecule has 2 nitrogen and oxygen atoms in total. The third-order valence-corrected chi connectivity index (χ3v) is 3.01. The Bertz CT molecular complexity index is 323. The SMILES string of the molecule is C=C[C@H]1NCCC[C@@H]1OCc1ccccc1. The second kappa shape index (κ2) is 5.83. The van der Waals surface area contributed by atoms with Gasteiger partial charge in [-0.2, -0.15) is 0 Å². The van der Waals surface area contributed by atoms with Gasteiger partial charge >= 0.3 is 0 Å². The molecule has 16 heavy (non-hydrogen) atoms. The molecule has 0 unspecified atom stereocenters. The highest BCUT2D eigenvalue weighted by Gasteiger charge is 2.22. The summed E-state index contributed by atoms with van der Waals surface area (Å²) < 4.78 is 5.94. The molecular formula is C14H19NO. The van der Waals surface area contributed by atoms with E-state index < -0.39 is 0 Å². The summed E-state index contributed by atoms with van der Waals surface area (Å²) in [4.78, 5) is 0. The molecule has 1 N–H and O–H groups in total. The molecule has 0 aliphatic carbocycles. The molecule has 1 aliphatic heterocycles. The fourth-order valence-corrected chi connectivity index (χ4v) is 2.08. The molecule has 1 aromatic rings. The fraction of sp³-hybridized carbons (Fsp3) is 0.429. The summed E-state index contributed by atoms with van der Waals surface area (Å²) in [5.41, 5.74) is 1.23. The number of hydrogen-bond acceptors (Lipinski definition) is 2. The smallest absolute Gasteiger partial charge is 0.0768 e. The zero-order valence-corrected chi connectivity index (χ0v) is 9.56. The highest BCUT2D eigenvalue weighted by molar-refractivity contribution is 5.13. The Morgan fingerprint density at radius 1 is 1.38 bits per heavy atom. The minimum Gasteiger partial charge on any atom is -0.372 e. The summed E-state index contributed by atoms with van der Waals surface area (Å²) in [6, 6.07) is 10.6. The van der Waals surface area contributed by atoms with Gasteiger partial charge in [0, 0.05) is 0 Å². The Balaban J connectivity index is 1.86. The van der Waals surface area contributed by atoms with Crippen LogP contribution < -0.4 is 5.32 Å². The van der Waals surface area contributed by atoms with Gasteiger partial charge in [-0.15, -0.1) is 6.58 Å². The van der Waals surface area contributed by atoms with Crippen LogP contribution in [0.5, 0.6) is 0 Å². The van der Waals surface area contributed by atoms with E-state index in [1.165, 1.54) is 12.0 Å². The largest absolute Gasteiger partial charge is 0.372 e. The first-order chi connectivity index (χ1) is 7.90. The first-order valence-electron chi connectivity index (χ1n) is 5.91. The molecule has 0 saturated carbocycles. The monoisotopic (exact) mass is 217 g/mol. The Hall–Kier alpha value is -1.12. The number of piperidine rings is 1. The number of nitrogens with one attached hydrogen (secondary N) is 1. The lowest BCUT2D eigenvalue weighted by atomic mass is 10.0. The number of benzene rings is 1. The van der Waals surface area contributed by atoms with E-state index in [1.54, 1.807) is 0 Å². The lowest BCUT2D eigenvalue weighted by Gasteiger charge is -2.30. The van der Waals surface area contributed by atoms with E-state index in [0.717, 1.165) is 13.0 Å². The molecule has 0 radical (unpaired) electrons. The zero-order valence-electron chi connectivity index (χ0n) is 9.56. The second-order valence-corrected chi connectivity index (χ2v) is 4.19. The van der Waals surface area contributed by atoms with Crippen molar-refractivity contribution in [1.82, 2.24) is 5.32 Å². The van der Waals surface area contributed by atoms with Crippen LogP contribution in [0.3, 0.4) is 0 Å². The highest BCUT2D eigenvalue weighted by atomic mass is 16.5. The van der Waals surface area contributed by atoms with Gasteiger partial charge < -0.3 is 10.1 Å². The van der Waals surface area contributed by atoms with Crippen LogP contribution in [-0.4, -0.2) is 18.7 Å². The molecule has 0 spiro atoms. The first-order valence-corrected chi connectivity index (χ1v) is 5.91. The molecule has 0 aromatic heterocycles. The van der Waals surface area contributed by atoms with Crippen molar-refractivity contribution in [1.29, 1.82) is 0 Å². The highest BCUT2D eigenvalue weighted by Crippen LogP contribution is 2.15. The minimum absolute atomic E-state index is 0.270. The summed E-state index contributed by atoms with van der Waals surface area (Å²) in [5.74, 6) is 0. The van der Waals surface area contributed by atoms with E-state index in [4.69, 9.17) is 4.74 Å². The van der Waals surface area contributed by atoms with E-state index in [9.17, 15) is 0 Å². The van der Waals surface area contributed by atoms with E-state index in [-0.39, 0.29) is 6.10 Å². The third-order valence-electron chi connectivity index (χ3n) is 3.01. The molecule has 2 heteroatoms. The summed E-state index contributed by atoms with van der Waals surface area (Å²) in [5, 5.41) is 3.41. The van der Waals surface area contributed by atoms with Gasteiger partial charge in [-0.25, -0.2) is 0 Å². The van der Waals surface area contributed by atoms with Crippen LogP contribution >= 0.6 is 0 Å². The van der Waals surface area contributed by atoms with Crippen molar-refractivity contribution < 1.29 is 4.74 Å². The van der Waals surface area contributed by atoms with Gasteiger partial charge in [0.2, 0.25) is 0 Å². The number of hydrogen-bond donors (Lipinski definition) is 1. The van der Waals surface area contributed by atoms with Gasteiger partial charge in [0.05, 0.1) is 18.8 Å². The van der Waals surface area contributed by atoms with Crippen molar-refractivity contribution in [3.8, 4) is 0 Å². The van der Waals surface area contributed by atoms with Crippen molar-refractivity contribution in [3.63, 3.8) is 0 Å². The molecule has 2 atom stereocenters. The summed E-state index contributed by atoms with van der Waals surface area (Å²) in [6.45, 7) is 5.61. The van der Waals surface area contributed by atoms with Gasteiger partial charge in [-0.1, -0.05) is 36.4 Å². The van der Waals surface area contributed by atoms with Crippen LogP contribution in [-0.2, 0) is 11.3 Å². The van der Waals surface area contributed by atoms with Gasteiger partial charge in [-0.05, 0) is 24.9 Å². The van der Waals surface area contributed by atoms with E-state index in [2.05, 4.69) is 24.0 Å². The standard InChI is InChI=1S/C14H19NO/c1-2-13-14(9-6-10-15-13)16-11-12-7-4-3-5-8-12/h2-5,7-8,13-15H,1,6,9-11H2/t13-,14+/m1/s1. The maximum absolute atomic E-state index is 5.94. The minimum atomic E-state index is 0.270. The van der Waals surface area contributed by atoms with Gasteiger partial charge in [-0.3, -0.25) is 0 Å². The lowest BCUT2D eigenvalue weighted by Crippen LogP contribution is -2.44. The molecule has 0 bridgehead atoms. The second-order valence-electron chi connectivity index (χ2n) is 4.19. The average molecular weight is 217 g/mol. The zero-order chi connectivity index (χ0) is 11.2. The fourth-order valence-electron chi connectivity index (χ4n) is 2.08. The predicted molar refractivity (Wildman–Crippen MR) is 66.2 cm³/mol. The Kier molecular flexibility index (Phi) is 4.14. The van der Waals surface area contributed by atoms with Gasteiger partial charge in [0.25, 0.3) is 0 Å². The molecule has 0 amide bonds. The molecule has 1 fully saturated rings. The van der Waals surface area contributed by atoms with Crippen molar-refractivity contribution in [2.24, 2.45) is 0 Å². The quantitative estimate of drug-likeness (QED) is 0.782. The predicted octanol–water partition coefficient (Wildman–Crippen LogP) is 2.51. The van der Waals surface area contributed by atoms with Crippen LogP contribution in [0.2, 0.25) is 0 Å². The van der Waals surface area contributed by atoms with Crippen LogP contribution in [0.4, 0.5) is 0 Å². The number of ether oxygens (including phenoxy) is 1. The first kappa shape index (κ1) is 11.4. The van der Waals surface area contributed by atoms with Crippen LogP contribution in [0, 0.1) is 0 Å². The van der Waals surface area contributed by atoms with Crippen molar-refractivity contribution in [2.45, 2.75) is 31.6 Å². The average Bonchev–Trinajstić information content (AvgIpc) is 2.38. The summed E-state index contributed by atoms with van der Waals surface area (Å²) >= 11 is 0. The van der Waals surface area contributed by atoms with Gasteiger partial charge in [0.15, 0.2) is 0 Å². The number of rotatable bonds is 4. The Morgan fingerprint density at radius 2 is 2.19 bits per heavy atom. The van der Waals surface area contributed by atoms with Crippen molar-refractivity contribution in [2.75, 3.05) is 6.54 Å². The molecule has 86 valence electrons. The molecular weight excluding hydrogens is 198 g/mol. The van der Waals surface area contributed by atoms with Crippen LogP contribution in [0.25, 0.3) is 0 Å². The third kappa shape index (κ3) is 2.94. The van der Waals surface area contributed by atoms with Crippen LogP contribution in [0.1, 0.15) is 18.4 Å². The van der Waals surface area contributed by atoms with E-state index in [1.807, 2.05) is 24.3 Å². The maximum Gasteiger partial charge on any atom is 0.0768 e. The topological polar surface area (TPSA) is 21.3 Å². The molecule has 1 aliphatic rings. The molecule has 2 rings (SSSR count). The molecule has 1 saturated heterocycles. The van der Waals surface area contributed by atoms with Gasteiger partial charge in [0.1, 0.15) is 0 Å². The summed E-state index contributed by atoms with van der Waals surface area (Å²) in [6.07, 6.45) is 4.53. The normalized spacial score (nSPS) is 25.2. The Morgan fingerprint density at radius 3 is 2.94 bits per heavy atom. The molecule has 1 aromatic carbocycles. The maximum atomic E-state index is 5.94. The van der Waals surface area contributed by atoms with Crippen LogP contribution in [0.15, 0.2) is 43.0 Å². The van der Waals surface area contributed by atoms with Crippen molar-refractivity contribution in [3.05, 3.63) is 48.6 Å². The lowest BCUT2D eigenvalue weighted by molar-refractivity contribution is 0.00839. The van der Waals surface area contributed by atoms with Crippen molar-refractivity contribution >= 4 is 0 Å². The van der Waals surface area contributed by atoms with E-state index >= 15 is 0 Å². The van der Waals surface area contributed by atoms with E-state index in [0.29, 0.717) is 12.6 Å². The Labute approximate surface area is 97.3 Å². The molecule has 1 heterocycles.